The minimum Gasteiger partial charge on any atom is -0.347 e. The van der Waals surface area contributed by atoms with Crippen LogP contribution in [0.5, 0.6) is 0 Å². The van der Waals surface area contributed by atoms with E-state index in [1.54, 1.807) is 0 Å². The van der Waals surface area contributed by atoms with Crippen molar-refractivity contribution in [1.29, 1.82) is 0 Å². The van der Waals surface area contributed by atoms with Crippen molar-refractivity contribution in [2.24, 2.45) is 0 Å². The molecule has 4 heteroatoms. The normalized spacial score (nSPS) is 11.1. The lowest BCUT2D eigenvalue weighted by Crippen LogP contribution is -2.17. The van der Waals surface area contributed by atoms with Gasteiger partial charge in [0.05, 0.1) is 29.5 Å². The molecular formula is C26H24O2P2. The van der Waals surface area contributed by atoms with Gasteiger partial charge in [0.25, 0.3) is 0 Å². The van der Waals surface area contributed by atoms with Crippen LogP contribution in [0.1, 0.15) is 0 Å². The third-order valence-corrected chi connectivity index (χ3v) is 8.44. The maximum atomic E-state index is 6.39. The molecule has 0 atom stereocenters. The van der Waals surface area contributed by atoms with Gasteiger partial charge in [0.2, 0.25) is 0 Å². The molecule has 30 heavy (non-hydrogen) atoms. The van der Waals surface area contributed by atoms with Crippen LogP contribution in [0.2, 0.25) is 0 Å². The van der Waals surface area contributed by atoms with Gasteiger partial charge in [-0.05, 0) is 0 Å². The summed E-state index contributed by atoms with van der Waals surface area (Å²) in [4.78, 5) is 0. The summed E-state index contributed by atoms with van der Waals surface area (Å²) in [5.41, 5.74) is 0. The Morgan fingerprint density at radius 3 is 0.833 bits per heavy atom. The van der Waals surface area contributed by atoms with E-state index < -0.39 is 16.3 Å². The van der Waals surface area contributed by atoms with Crippen LogP contribution in [0.4, 0.5) is 0 Å². The van der Waals surface area contributed by atoms with E-state index in [4.69, 9.17) is 9.05 Å². The first kappa shape index (κ1) is 20.9. The van der Waals surface area contributed by atoms with Gasteiger partial charge in [-0.3, -0.25) is 0 Å². The summed E-state index contributed by atoms with van der Waals surface area (Å²) >= 11 is 0. The molecule has 4 aromatic rings. The molecule has 4 rings (SSSR count). The van der Waals surface area contributed by atoms with E-state index in [9.17, 15) is 0 Å². The monoisotopic (exact) mass is 430 g/mol. The standard InChI is InChI=1S/C26H24O2P2/c1-5-13-23(14-6-1)29(24-15-7-2-8-16-24)27-21-22-28-30(25-17-9-3-10-18-25)26-19-11-4-12-20-26/h1-20H,21-22H2. The fourth-order valence-electron chi connectivity index (χ4n) is 3.11. The Morgan fingerprint density at radius 1 is 0.367 bits per heavy atom. The molecule has 4 aromatic carbocycles. The first-order chi connectivity index (χ1) is 14.9. The Balaban J connectivity index is 1.45. The van der Waals surface area contributed by atoms with Crippen LogP contribution in [0, 0.1) is 0 Å². The maximum absolute atomic E-state index is 6.39. The van der Waals surface area contributed by atoms with E-state index in [-0.39, 0.29) is 0 Å². The second-order valence-corrected chi connectivity index (χ2v) is 10.4. The van der Waals surface area contributed by atoms with Crippen LogP contribution in [0.25, 0.3) is 0 Å². The molecular weight excluding hydrogens is 406 g/mol. The highest BCUT2D eigenvalue weighted by atomic mass is 31.1. The SMILES string of the molecule is c1ccc(P(OCCOP(c2ccccc2)c2ccccc2)c2ccccc2)cc1. The van der Waals surface area contributed by atoms with Crippen molar-refractivity contribution >= 4 is 37.5 Å². The lowest BCUT2D eigenvalue weighted by Gasteiger charge is -2.21. The average Bonchev–Trinajstić information content (AvgIpc) is 2.84. The summed E-state index contributed by atoms with van der Waals surface area (Å²) in [5.74, 6) is 0. The fraction of sp³-hybridized carbons (Fsp3) is 0.0769. The molecule has 0 N–H and O–H groups in total. The zero-order valence-electron chi connectivity index (χ0n) is 16.7. The Hall–Kier alpha value is -2.34. The molecule has 0 aliphatic rings. The Bertz CT molecular complexity index is 832. The molecule has 0 fully saturated rings. The van der Waals surface area contributed by atoms with E-state index in [1.807, 2.05) is 24.3 Å². The van der Waals surface area contributed by atoms with Gasteiger partial charge in [-0.1, -0.05) is 121 Å². The predicted octanol–water partition coefficient (Wildman–Crippen LogP) is 5.12. The van der Waals surface area contributed by atoms with Gasteiger partial charge in [-0.2, -0.15) is 0 Å². The molecule has 0 radical (unpaired) electrons. The zero-order chi connectivity index (χ0) is 20.4. The van der Waals surface area contributed by atoms with Gasteiger partial charge >= 0.3 is 0 Å². The predicted molar refractivity (Wildman–Crippen MR) is 130 cm³/mol. The van der Waals surface area contributed by atoms with Crippen molar-refractivity contribution in [3.63, 3.8) is 0 Å². The van der Waals surface area contributed by atoms with Gasteiger partial charge in [0.1, 0.15) is 0 Å². The second-order valence-electron chi connectivity index (χ2n) is 6.60. The van der Waals surface area contributed by atoms with Gasteiger partial charge in [0, 0.05) is 21.2 Å². The molecule has 0 aliphatic heterocycles. The largest absolute Gasteiger partial charge is 0.347 e. The van der Waals surface area contributed by atoms with Crippen LogP contribution < -0.4 is 21.2 Å². The highest BCUT2D eigenvalue weighted by molar-refractivity contribution is 7.69. The van der Waals surface area contributed by atoms with E-state index in [0.717, 1.165) is 0 Å². The quantitative estimate of drug-likeness (QED) is 0.271. The highest BCUT2D eigenvalue weighted by Crippen LogP contribution is 2.37. The van der Waals surface area contributed by atoms with Crippen LogP contribution in [0.3, 0.4) is 0 Å². The van der Waals surface area contributed by atoms with Gasteiger partial charge in [0.15, 0.2) is 0 Å². The zero-order valence-corrected chi connectivity index (χ0v) is 18.5. The minimum absolute atomic E-state index is 0.550. The van der Waals surface area contributed by atoms with Crippen LogP contribution >= 0.6 is 16.3 Å². The topological polar surface area (TPSA) is 18.5 Å². The molecule has 0 unspecified atom stereocenters. The lowest BCUT2D eigenvalue weighted by molar-refractivity contribution is 0.254. The molecule has 0 amide bonds. The van der Waals surface area contributed by atoms with Gasteiger partial charge in [-0.15, -0.1) is 0 Å². The first-order valence-electron chi connectivity index (χ1n) is 9.98. The van der Waals surface area contributed by atoms with E-state index in [0.29, 0.717) is 13.2 Å². The van der Waals surface area contributed by atoms with Crippen molar-refractivity contribution in [2.45, 2.75) is 0 Å². The van der Waals surface area contributed by atoms with Crippen LogP contribution in [-0.4, -0.2) is 13.2 Å². The van der Waals surface area contributed by atoms with Crippen LogP contribution in [0.15, 0.2) is 121 Å². The lowest BCUT2D eigenvalue weighted by atomic mass is 10.4. The third kappa shape index (κ3) is 5.63. The van der Waals surface area contributed by atoms with E-state index in [2.05, 4.69) is 97.1 Å². The summed E-state index contributed by atoms with van der Waals surface area (Å²) in [7, 11) is -1.73. The fourth-order valence-corrected chi connectivity index (χ4v) is 6.59. The molecule has 2 nitrogen and oxygen atoms in total. The molecule has 0 aliphatic carbocycles. The first-order valence-corrected chi connectivity index (χ1v) is 12.5. The van der Waals surface area contributed by atoms with Gasteiger partial charge < -0.3 is 9.05 Å². The summed E-state index contributed by atoms with van der Waals surface area (Å²) in [6.07, 6.45) is 0. The van der Waals surface area contributed by atoms with Crippen molar-refractivity contribution in [3.8, 4) is 0 Å². The molecule has 0 heterocycles. The van der Waals surface area contributed by atoms with E-state index >= 15 is 0 Å². The number of benzene rings is 4. The smallest absolute Gasteiger partial charge is 0.0918 e. The molecule has 0 spiro atoms. The summed E-state index contributed by atoms with van der Waals surface area (Å²) in [5, 5.41) is 4.86. The summed E-state index contributed by atoms with van der Waals surface area (Å²) in [6, 6.07) is 41.8. The molecule has 0 saturated carbocycles. The third-order valence-electron chi connectivity index (χ3n) is 4.49. The molecule has 0 aromatic heterocycles. The van der Waals surface area contributed by atoms with Crippen molar-refractivity contribution in [3.05, 3.63) is 121 Å². The van der Waals surface area contributed by atoms with Crippen molar-refractivity contribution in [1.82, 2.24) is 0 Å². The summed E-state index contributed by atoms with van der Waals surface area (Å²) in [6.45, 7) is 1.10. The Morgan fingerprint density at radius 2 is 0.600 bits per heavy atom. The maximum Gasteiger partial charge on any atom is 0.0918 e. The Labute approximate surface area is 181 Å². The average molecular weight is 430 g/mol. The molecule has 150 valence electrons. The van der Waals surface area contributed by atoms with Crippen molar-refractivity contribution in [2.75, 3.05) is 13.2 Å². The second kappa shape index (κ2) is 11.2. The Kier molecular flexibility index (Phi) is 7.78. The number of hydrogen-bond donors (Lipinski definition) is 0. The highest BCUT2D eigenvalue weighted by Gasteiger charge is 2.17. The van der Waals surface area contributed by atoms with Crippen molar-refractivity contribution < 1.29 is 9.05 Å². The molecule has 0 bridgehead atoms. The van der Waals surface area contributed by atoms with E-state index in [1.165, 1.54) is 21.2 Å². The number of hydrogen-bond acceptors (Lipinski definition) is 2. The van der Waals surface area contributed by atoms with Crippen LogP contribution in [-0.2, 0) is 9.05 Å². The van der Waals surface area contributed by atoms with Gasteiger partial charge in [-0.25, -0.2) is 0 Å². The summed E-state index contributed by atoms with van der Waals surface area (Å²) < 4.78 is 12.8. The minimum atomic E-state index is -0.863. The molecule has 0 saturated heterocycles. The number of rotatable bonds is 9.